The minimum atomic E-state index is -3.61. The Hall–Kier alpha value is -2.36. The minimum absolute atomic E-state index is 0.102. The lowest BCUT2D eigenvalue weighted by atomic mass is 10.2. The molecule has 1 aromatic heterocycles. The number of piperazine rings is 1. The van der Waals surface area contributed by atoms with Crippen LogP contribution in [0.15, 0.2) is 52.2 Å². The van der Waals surface area contributed by atoms with E-state index in [-0.39, 0.29) is 9.77 Å². The van der Waals surface area contributed by atoms with Crippen LogP contribution in [0.25, 0.3) is 10.2 Å². The van der Waals surface area contributed by atoms with Crippen LogP contribution in [0.4, 0.5) is 5.69 Å². The number of hydrogen-bond acceptors (Lipinski definition) is 6. The second kappa shape index (κ2) is 7.23. The van der Waals surface area contributed by atoms with Crippen molar-refractivity contribution in [3.8, 4) is 5.75 Å². The van der Waals surface area contributed by atoms with Crippen LogP contribution in [0.5, 0.6) is 5.75 Å². The molecule has 28 heavy (non-hydrogen) atoms. The van der Waals surface area contributed by atoms with Crippen molar-refractivity contribution in [3.05, 3.63) is 52.1 Å². The largest absolute Gasteiger partial charge is 0.495 e. The molecule has 0 N–H and O–H groups in total. The molecule has 0 spiro atoms. The van der Waals surface area contributed by atoms with Crippen LogP contribution in [0, 0.1) is 0 Å². The second-order valence-corrected chi connectivity index (χ2v) is 9.55. The fraction of sp³-hybridized carbons (Fsp3) is 0.316. The zero-order valence-electron chi connectivity index (χ0n) is 15.7. The van der Waals surface area contributed by atoms with Crippen molar-refractivity contribution < 1.29 is 13.2 Å². The minimum Gasteiger partial charge on any atom is -0.495 e. The molecule has 7 nitrogen and oxygen atoms in total. The van der Waals surface area contributed by atoms with Gasteiger partial charge in [-0.05, 0) is 30.3 Å². The maximum atomic E-state index is 13.1. The van der Waals surface area contributed by atoms with Crippen molar-refractivity contribution in [2.45, 2.75) is 4.90 Å². The van der Waals surface area contributed by atoms with Crippen LogP contribution < -0.4 is 14.5 Å². The highest BCUT2D eigenvalue weighted by atomic mass is 32.2. The number of sulfonamides is 1. The van der Waals surface area contributed by atoms with Crippen molar-refractivity contribution in [2.24, 2.45) is 7.05 Å². The van der Waals surface area contributed by atoms with Gasteiger partial charge in [0.1, 0.15) is 5.75 Å². The first-order chi connectivity index (χ1) is 13.4. The van der Waals surface area contributed by atoms with Gasteiger partial charge in [-0.2, -0.15) is 4.31 Å². The maximum Gasteiger partial charge on any atom is 0.307 e. The predicted molar refractivity (Wildman–Crippen MR) is 111 cm³/mol. The molecule has 4 rings (SSSR count). The van der Waals surface area contributed by atoms with Crippen molar-refractivity contribution in [3.63, 3.8) is 0 Å². The first-order valence-corrected chi connectivity index (χ1v) is 11.1. The summed E-state index contributed by atoms with van der Waals surface area (Å²) < 4.78 is 35.3. The number of aromatic nitrogens is 1. The topological polar surface area (TPSA) is 71.8 Å². The molecule has 2 heterocycles. The predicted octanol–water partition coefficient (Wildman–Crippen LogP) is 2.12. The third-order valence-electron chi connectivity index (χ3n) is 5.07. The average Bonchev–Trinajstić information content (AvgIpc) is 3.01. The third-order valence-corrected chi connectivity index (χ3v) is 7.96. The Kier molecular flexibility index (Phi) is 4.90. The Balaban J connectivity index is 1.56. The summed E-state index contributed by atoms with van der Waals surface area (Å²) in [7, 11) is -0.288. The lowest BCUT2D eigenvalue weighted by Crippen LogP contribution is -2.48. The zero-order valence-corrected chi connectivity index (χ0v) is 17.3. The summed E-state index contributed by atoms with van der Waals surface area (Å²) in [6.07, 6.45) is 0. The molecule has 9 heteroatoms. The SMILES string of the molecule is COc1ccccc1N1CCN(S(=O)(=O)c2ccc3c(c2)sc(=O)n3C)CC1. The molecule has 0 radical (unpaired) electrons. The van der Waals surface area contributed by atoms with Crippen LogP contribution >= 0.6 is 11.3 Å². The fourth-order valence-corrected chi connectivity index (χ4v) is 5.93. The number of para-hydroxylation sites is 2. The molecule has 0 bridgehead atoms. The molecule has 0 saturated carbocycles. The van der Waals surface area contributed by atoms with E-state index < -0.39 is 10.0 Å². The monoisotopic (exact) mass is 419 g/mol. The standard InChI is InChI=1S/C19H21N3O4S2/c1-20-16-8-7-14(13-18(16)27-19(20)23)28(24,25)22-11-9-21(10-12-22)15-5-3-4-6-17(15)26-2/h3-8,13H,9-12H2,1-2H3. The lowest BCUT2D eigenvalue weighted by molar-refractivity contribution is 0.378. The van der Waals surface area contributed by atoms with Gasteiger partial charge in [0.2, 0.25) is 10.0 Å². The van der Waals surface area contributed by atoms with Crippen molar-refractivity contribution in [2.75, 3.05) is 38.2 Å². The fourth-order valence-electron chi connectivity index (χ4n) is 3.48. The lowest BCUT2D eigenvalue weighted by Gasteiger charge is -2.35. The highest BCUT2D eigenvalue weighted by Crippen LogP contribution is 2.30. The Morgan fingerprint density at radius 2 is 1.75 bits per heavy atom. The van der Waals surface area contributed by atoms with Gasteiger partial charge in [0, 0.05) is 33.2 Å². The number of rotatable bonds is 4. The van der Waals surface area contributed by atoms with Gasteiger partial charge in [-0.1, -0.05) is 23.5 Å². The molecule has 0 amide bonds. The second-order valence-electron chi connectivity index (χ2n) is 6.62. The number of nitrogens with zero attached hydrogens (tertiary/aromatic N) is 3. The quantitative estimate of drug-likeness (QED) is 0.648. The van der Waals surface area contributed by atoms with E-state index in [9.17, 15) is 13.2 Å². The van der Waals surface area contributed by atoms with E-state index >= 15 is 0 Å². The first-order valence-electron chi connectivity index (χ1n) is 8.89. The highest BCUT2D eigenvalue weighted by Gasteiger charge is 2.29. The summed E-state index contributed by atoms with van der Waals surface area (Å²) in [4.78, 5) is 14.1. The van der Waals surface area contributed by atoms with Crippen LogP contribution in [-0.2, 0) is 17.1 Å². The summed E-state index contributed by atoms with van der Waals surface area (Å²) in [5.41, 5.74) is 1.72. The Bertz CT molecular complexity index is 1180. The summed E-state index contributed by atoms with van der Waals surface area (Å²) in [6, 6.07) is 12.6. The Morgan fingerprint density at radius 3 is 2.46 bits per heavy atom. The van der Waals surface area contributed by atoms with E-state index in [1.54, 1.807) is 32.4 Å². The molecular formula is C19H21N3O4S2. The van der Waals surface area contributed by atoms with E-state index in [4.69, 9.17) is 4.74 Å². The molecule has 0 unspecified atom stereocenters. The van der Waals surface area contributed by atoms with E-state index in [2.05, 4.69) is 4.90 Å². The number of ether oxygens (including phenoxy) is 1. The van der Waals surface area contributed by atoms with Gasteiger partial charge < -0.3 is 14.2 Å². The average molecular weight is 420 g/mol. The van der Waals surface area contributed by atoms with Crippen LogP contribution in [-0.4, -0.2) is 50.6 Å². The van der Waals surface area contributed by atoms with Gasteiger partial charge in [0.25, 0.3) is 0 Å². The molecule has 148 valence electrons. The van der Waals surface area contributed by atoms with Crippen LogP contribution in [0.2, 0.25) is 0 Å². The summed E-state index contributed by atoms with van der Waals surface area (Å²) >= 11 is 1.06. The zero-order chi connectivity index (χ0) is 19.9. The molecule has 0 atom stereocenters. The van der Waals surface area contributed by atoms with Crippen LogP contribution in [0.1, 0.15) is 0 Å². The van der Waals surface area contributed by atoms with Crippen molar-refractivity contribution in [1.82, 2.24) is 8.87 Å². The maximum absolute atomic E-state index is 13.1. The van der Waals surface area contributed by atoms with E-state index in [0.29, 0.717) is 30.9 Å². The molecule has 1 saturated heterocycles. The normalized spacial score (nSPS) is 15.9. The Labute approximate surface area is 167 Å². The molecule has 1 aliphatic rings. The molecule has 3 aromatic rings. The number of methoxy groups -OCH3 is 1. The van der Waals surface area contributed by atoms with Crippen molar-refractivity contribution in [1.29, 1.82) is 0 Å². The highest BCUT2D eigenvalue weighted by molar-refractivity contribution is 7.89. The van der Waals surface area contributed by atoms with Crippen LogP contribution in [0.3, 0.4) is 0 Å². The number of anilines is 1. The summed E-state index contributed by atoms with van der Waals surface area (Å²) in [6.45, 7) is 1.95. The van der Waals surface area contributed by atoms with E-state index in [0.717, 1.165) is 28.3 Å². The molecule has 0 aliphatic carbocycles. The summed E-state index contributed by atoms with van der Waals surface area (Å²) in [5.74, 6) is 0.781. The molecule has 2 aromatic carbocycles. The van der Waals surface area contributed by atoms with Crippen molar-refractivity contribution >= 4 is 37.3 Å². The first kappa shape index (κ1) is 19.0. The number of aryl methyl sites for hydroxylation is 1. The molecular weight excluding hydrogens is 398 g/mol. The molecule has 1 fully saturated rings. The number of benzene rings is 2. The van der Waals surface area contributed by atoms with E-state index in [1.807, 2.05) is 24.3 Å². The summed E-state index contributed by atoms with van der Waals surface area (Å²) in [5, 5.41) is 0. The smallest absolute Gasteiger partial charge is 0.307 e. The number of thiazole rings is 1. The number of fused-ring (bicyclic) bond motifs is 1. The number of hydrogen-bond donors (Lipinski definition) is 0. The van der Waals surface area contributed by atoms with Gasteiger partial charge >= 0.3 is 4.87 Å². The van der Waals surface area contributed by atoms with E-state index in [1.165, 1.54) is 8.87 Å². The van der Waals surface area contributed by atoms with Gasteiger partial charge in [0.05, 0.1) is 27.9 Å². The van der Waals surface area contributed by atoms with Gasteiger partial charge in [0.15, 0.2) is 0 Å². The van der Waals surface area contributed by atoms with Gasteiger partial charge in [-0.15, -0.1) is 0 Å². The van der Waals surface area contributed by atoms with Gasteiger partial charge in [-0.3, -0.25) is 4.79 Å². The Morgan fingerprint density at radius 1 is 1.04 bits per heavy atom. The third kappa shape index (κ3) is 3.19. The molecule has 1 aliphatic heterocycles. The van der Waals surface area contributed by atoms with Gasteiger partial charge in [-0.25, -0.2) is 8.42 Å².